The molecule has 0 bridgehead atoms. The second-order valence-electron chi connectivity index (χ2n) is 6.64. The van der Waals surface area contributed by atoms with Crippen molar-refractivity contribution >= 4 is 17.9 Å². The summed E-state index contributed by atoms with van der Waals surface area (Å²) in [6.07, 6.45) is 3.05. The number of carboxylic acid groups (broad SMARTS) is 1. The van der Waals surface area contributed by atoms with E-state index in [1.165, 1.54) is 17.0 Å². The number of nitrogens with one attached hydrogen (secondary N) is 1. The zero-order valence-corrected chi connectivity index (χ0v) is 16.1. The summed E-state index contributed by atoms with van der Waals surface area (Å²) in [5, 5.41) is 12.7. The molecule has 4 aromatic rings. The number of hydrogen-bond acceptors (Lipinski definition) is 4. The van der Waals surface area contributed by atoms with Gasteiger partial charge in [-0.2, -0.15) is 0 Å². The SMILES string of the molecule is Cc1[nH]n(-c2ccccc2)c(=O)c1C=Nc1ccc(-c2ccccn2)cc1C(=O)O. The zero-order chi connectivity index (χ0) is 21.1. The molecule has 2 aromatic heterocycles. The van der Waals surface area contributed by atoms with Gasteiger partial charge < -0.3 is 5.11 Å². The van der Waals surface area contributed by atoms with Gasteiger partial charge in [-0.1, -0.05) is 30.3 Å². The third kappa shape index (κ3) is 3.68. The van der Waals surface area contributed by atoms with Gasteiger partial charge >= 0.3 is 5.97 Å². The number of benzene rings is 2. The fraction of sp³-hybridized carbons (Fsp3) is 0.0435. The van der Waals surface area contributed by atoms with Crippen LogP contribution < -0.4 is 5.56 Å². The van der Waals surface area contributed by atoms with E-state index in [1.807, 2.05) is 36.4 Å². The minimum absolute atomic E-state index is 0.0333. The maximum absolute atomic E-state index is 12.8. The molecular formula is C23H18N4O3. The van der Waals surface area contributed by atoms with Crippen molar-refractivity contribution in [3.8, 4) is 16.9 Å². The van der Waals surface area contributed by atoms with Crippen LogP contribution in [0, 0.1) is 6.92 Å². The van der Waals surface area contributed by atoms with Gasteiger partial charge in [-0.3, -0.25) is 19.9 Å². The molecule has 4 rings (SSSR count). The number of para-hydroxylation sites is 1. The number of carbonyl (C=O) groups is 1. The van der Waals surface area contributed by atoms with E-state index < -0.39 is 5.97 Å². The number of aliphatic imine (C=N–C) groups is 1. The Morgan fingerprint density at radius 3 is 2.57 bits per heavy atom. The van der Waals surface area contributed by atoms with Gasteiger partial charge in [0.2, 0.25) is 0 Å². The van der Waals surface area contributed by atoms with Crippen molar-refractivity contribution in [2.75, 3.05) is 0 Å². The van der Waals surface area contributed by atoms with Gasteiger partial charge in [0.05, 0.1) is 28.2 Å². The Balaban J connectivity index is 1.72. The largest absolute Gasteiger partial charge is 0.478 e. The van der Waals surface area contributed by atoms with Gasteiger partial charge in [0.1, 0.15) is 0 Å². The zero-order valence-electron chi connectivity index (χ0n) is 16.1. The number of carboxylic acids is 1. The molecular weight excluding hydrogens is 380 g/mol. The summed E-state index contributed by atoms with van der Waals surface area (Å²) in [5.74, 6) is -1.10. The molecule has 0 aliphatic rings. The van der Waals surface area contributed by atoms with E-state index in [0.29, 0.717) is 28.2 Å². The lowest BCUT2D eigenvalue weighted by Crippen LogP contribution is -2.17. The molecule has 2 heterocycles. The van der Waals surface area contributed by atoms with E-state index in [1.54, 1.807) is 37.4 Å². The number of aromatic amines is 1. The van der Waals surface area contributed by atoms with E-state index in [-0.39, 0.29) is 16.8 Å². The molecule has 7 nitrogen and oxygen atoms in total. The van der Waals surface area contributed by atoms with Crippen molar-refractivity contribution in [1.82, 2.24) is 14.8 Å². The first kappa shape index (κ1) is 19.1. The van der Waals surface area contributed by atoms with Gasteiger partial charge in [-0.15, -0.1) is 0 Å². The Morgan fingerprint density at radius 2 is 1.87 bits per heavy atom. The van der Waals surface area contributed by atoms with Gasteiger partial charge in [-0.25, -0.2) is 9.48 Å². The number of H-pyrrole nitrogens is 1. The van der Waals surface area contributed by atoms with Gasteiger partial charge in [0.25, 0.3) is 5.56 Å². The number of pyridine rings is 1. The molecule has 0 fully saturated rings. The lowest BCUT2D eigenvalue weighted by Gasteiger charge is -2.05. The van der Waals surface area contributed by atoms with Crippen LogP contribution in [0.3, 0.4) is 0 Å². The number of hydrogen-bond donors (Lipinski definition) is 2. The Labute approximate surface area is 172 Å². The van der Waals surface area contributed by atoms with Crippen molar-refractivity contribution in [1.29, 1.82) is 0 Å². The summed E-state index contributed by atoms with van der Waals surface area (Å²) in [6.45, 7) is 1.77. The van der Waals surface area contributed by atoms with Crippen LogP contribution in [-0.2, 0) is 0 Å². The van der Waals surface area contributed by atoms with Crippen LogP contribution in [0.1, 0.15) is 21.6 Å². The summed E-state index contributed by atoms with van der Waals surface area (Å²) < 4.78 is 1.43. The average Bonchev–Trinajstić information content (AvgIpc) is 3.06. The first-order chi connectivity index (χ1) is 14.5. The first-order valence-electron chi connectivity index (χ1n) is 9.24. The molecule has 0 radical (unpaired) electrons. The third-order valence-electron chi connectivity index (χ3n) is 4.65. The molecule has 0 spiro atoms. The molecule has 0 aliphatic heterocycles. The number of aryl methyl sites for hydroxylation is 1. The van der Waals surface area contributed by atoms with E-state index in [4.69, 9.17) is 0 Å². The first-order valence-corrected chi connectivity index (χ1v) is 9.24. The van der Waals surface area contributed by atoms with Gasteiger partial charge in [0, 0.05) is 23.7 Å². The van der Waals surface area contributed by atoms with Crippen LogP contribution in [0.4, 0.5) is 5.69 Å². The molecule has 0 atom stereocenters. The van der Waals surface area contributed by atoms with Gasteiger partial charge in [0.15, 0.2) is 0 Å². The second kappa shape index (κ2) is 8.00. The van der Waals surface area contributed by atoms with Crippen LogP contribution in [0.15, 0.2) is 82.7 Å². The molecule has 2 N–H and O–H groups in total. The maximum atomic E-state index is 12.8. The normalized spacial score (nSPS) is 11.1. The quantitative estimate of drug-likeness (QED) is 0.497. The van der Waals surface area contributed by atoms with E-state index >= 15 is 0 Å². The monoisotopic (exact) mass is 398 g/mol. The topological polar surface area (TPSA) is 100 Å². The molecule has 7 heteroatoms. The van der Waals surface area contributed by atoms with Crippen LogP contribution >= 0.6 is 0 Å². The lowest BCUT2D eigenvalue weighted by atomic mass is 10.1. The average molecular weight is 398 g/mol. The molecule has 0 unspecified atom stereocenters. The van der Waals surface area contributed by atoms with Crippen molar-refractivity contribution in [3.63, 3.8) is 0 Å². The minimum atomic E-state index is -1.10. The fourth-order valence-electron chi connectivity index (χ4n) is 3.12. The Morgan fingerprint density at radius 1 is 1.10 bits per heavy atom. The van der Waals surface area contributed by atoms with Crippen LogP contribution in [0.25, 0.3) is 16.9 Å². The van der Waals surface area contributed by atoms with Crippen molar-refractivity contribution in [3.05, 3.63) is 100 Å². The number of nitrogens with zero attached hydrogens (tertiary/aromatic N) is 3. The van der Waals surface area contributed by atoms with Gasteiger partial charge in [-0.05, 0) is 43.3 Å². The lowest BCUT2D eigenvalue weighted by molar-refractivity contribution is 0.0698. The highest BCUT2D eigenvalue weighted by molar-refractivity contribution is 5.96. The minimum Gasteiger partial charge on any atom is -0.478 e. The highest BCUT2D eigenvalue weighted by Gasteiger charge is 2.14. The predicted molar refractivity (Wildman–Crippen MR) is 115 cm³/mol. The standard InChI is InChI=1S/C23H18N4O3/c1-15-19(22(28)27(26-15)17-7-3-2-4-8-17)14-25-21-11-10-16(13-18(21)23(29)30)20-9-5-6-12-24-20/h2-14,26H,1H3,(H,29,30). The summed E-state index contributed by atoms with van der Waals surface area (Å²) in [4.78, 5) is 33.1. The predicted octanol–water partition coefficient (Wildman–Crippen LogP) is 3.98. The maximum Gasteiger partial charge on any atom is 0.337 e. The molecule has 0 amide bonds. The molecule has 0 aliphatic carbocycles. The highest BCUT2D eigenvalue weighted by Crippen LogP contribution is 2.26. The highest BCUT2D eigenvalue weighted by atomic mass is 16.4. The summed E-state index contributed by atoms with van der Waals surface area (Å²) in [7, 11) is 0. The Bertz CT molecular complexity index is 1290. The van der Waals surface area contributed by atoms with Crippen molar-refractivity contribution in [2.45, 2.75) is 6.92 Å². The molecule has 2 aromatic carbocycles. The molecule has 0 saturated carbocycles. The molecule has 0 saturated heterocycles. The number of aromatic nitrogens is 3. The summed E-state index contributed by atoms with van der Waals surface area (Å²) in [6, 6.07) is 19.5. The van der Waals surface area contributed by atoms with Crippen LogP contribution in [-0.4, -0.2) is 32.1 Å². The van der Waals surface area contributed by atoms with Crippen LogP contribution in [0.5, 0.6) is 0 Å². The molecule has 148 valence electrons. The smallest absolute Gasteiger partial charge is 0.337 e. The van der Waals surface area contributed by atoms with Crippen molar-refractivity contribution in [2.24, 2.45) is 4.99 Å². The number of aromatic carboxylic acids is 1. The third-order valence-corrected chi connectivity index (χ3v) is 4.65. The fourth-order valence-corrected chi connectivity index (χ4v) is 3.12. The van der Waals surface area contributed by atoms with E-state index in [0.717, 1.165) is 0 Å². The Hall–Kier alpha value is -4.26. The van der Waals surface area contributed by atoms with Crippen LogP contribution in [0.2, 0.25) is 0 Å². The van der Waals surface area contributed by atoms with E-state index in [9.17, 15) is 14.7 Å². The van der Waals surface area contributed by atoms with E-state index in [2.05, 4.69) is 15.1 Å². The molecule has 30 heavy (non-hydrogen) atoms. The Kier molecular flexibility index (Phi) is 5.09. The van der Waals surface area contributed by atoms with Crippen molar-refractivity contribution < 1.29 is 9.90 Å². The number of rotatable bonds is 5. The second-order valence-corrected chi connectivity index (χ2v) is 6.64. The summed E-state index contributed by atoms with van der Waals surface area (Å²) >= 11 is 0. The summed E-state index contributed by atoms with van der Waals surface area (Å²) in [5.41, 5.74) is 3.08.